The molecule has 0 aliphatic rings. The highest BCUT2D eigenvalue weighted by Crippen LogP contribution is 2.34. The van der Waals surface area contributed by atoms with Crippen LogP contribution in [0.15, 0.2) is 77.7 Å². The molecule has 5 nitrogen and oxygen atoms in total. The lowest BCUT2D eigenvalue weighted by Crippen LogP contribution is -2.41. The van der Waals surface area contributed by atoms with Gasteiger partial charge in [0.25, 0.3) is 0 Å². The average molecular weight is 452 g/mol. The van der Waals surface area contributed by atoms with Crippen molar-refractivity contribution in [2.45, 2.75) is 23.5 Å². The topological polar surface area (TPSA) is 86.6 Å². The van der Waals surface area contributed by atoms with Gasteiger partial charge >= 0.3 is 0 Å². The molecule has 3 aromatic carbocycles. The lowest BCUT2D eigenvalue weighted by atomic mass is 9.97. The maximum Gasteiger partial charge on any atom is 0.244 e. The molecular formula is C21H19Cl2NO4S. The molecule has 3 N–H and O–H groups in total. The Labute approximate surface area is 179 Å². The molecule has 0 radical (unpaired) electrons. The van der Waals surface area contributed by atoms with E-state index in [1.165, 1.54) is 6.07 Å². The van der Waals surface area contributed by atoms with Crippen molar-refractivity contribution in [3.8, 4) is 5.75 Å². The van der Waals surface area contributed by atoms with Crippen LogP contribution in [0.2, 0.25) is 10.0 Å². The molecule has 0 fully saturated rings. The van der Waals surface area contributed by atoms with Gasteiger partial charge in [0.05, 0.1) is 17.2 Å². The molecule has 152 valence electrons. The molecule has 2 atom stereocenters. The number of phenolic OH excluding ortho intramolecular Hbond substituents is 1. The molecule has 29 heavy (non-hydrogen) atoms. The molecule has 0 saturated heterocycles. The summed E-state index contributed by atoms with van der Waals surface area (Å²) in [6, 6.07) is 19.4. The highest BCUT2D eigenvalue weighted by Gasteiger charge is 2.29. The van der Waals surface area contributed by atoms with Gasteiger partial charge in [0.1, 0.15) is 4.90 Å². The number of aromatic hydroxyl groups is 1. The van der Waals surface area contributed by atoms with Crippen LogP contribution in [-0.4, -0.2) is 24.7 Å². The van der Waals surface area contributed by atoms with Crippen LogP contribution in [0.25, 0.3) is 0 Å². The van der Waals surface area contributed by atoms with Crippen molar-refractivity contribution in [1.29, 1.82) is 0 Å². The van der Waals surface area contributed by atoms with Crippen LogP contribution in [0, 0.1) is 0 Å². The third-order valence-corrected chi connectivity index (χ3v) is 6.42. The number of aliphatic hydroxyl groups is 1. The summed E-state index contributed by atoms with van der Waals surface area (Å²) in [5, 5.41) is 20.9. The molecule has 8 heteroatoms. The van der Waals surface area contributed by atoms with E-state index in [4.69, 9.17) is 23.2 Å². The predicted octanol–water partition coefficient (Wildman–Crippen LogP) is 4.32. The lowest BCUT2D eigenvalue weighted by molar-refractivity contribution is 0.138. The van der Waals surface area contributed by atoms with E-state index in [1.807, 2.05) is 30.3 Å². The molecule has 0 spiro atoms. The van der Waals surface area contributed by atoms with Crippen molar-refractivity contribution in [3.05, 3.63) is 94.0 Å². The minimum Gasteiger partial charge on any atom is -0.505 e. The first-order chi connectivity index (χ1) is 13.8. The van der Waals surface area contributed by atoms with E-state index >= 15 is 0 Å². The smallest absolute Gasteiger partial charge is 0.244 e. The van der Waals surface area contributed by atoms with Crippen LogP contribution < -0.4 is 4.72 Å². The molecule has 0 bridgehead atoms. The molecule has 0 saturated carbocycles. The SMILES string of the molecule is O=S(=O)(N[C@@H](Cc1ccccc1)[C@@H](O)c1ccccc1)c1cc(Cl)cc(Cl)c1O. The van der Waals surface area contributed by atoms with Crippen LogP contribution in [0.1, 0.15) is 17.2 Å². The highest BCUT2D eigenvalue weighted by molar-refractivity contribution is 7.89. The van der Waals surface area contributed by atoms with Gasteiger partial charge in [-0.15, -0.1) is 0 Å². The van der Waals surface area contributed by atoms with Gasteiger partial charge in [0.2, 0.25) is 10.0 Å². The summed E-state index contributed by atoms with van der Waals surface area (Å²) in [4.78, 5) is -0.451. The third-order valence-electron chi connectivity index (χ3n) is 4.41. The van der Waals surface area contributed by atoms with E-state index < -0.39 is 32.8 Å². The number of aliphatic hydroxyl groups excluding tert-OH is 1. The summed E-state index contributed by atoms with van der Waals surface area (Å²) in [6.07, 6.45) is -0.895. The van der Waals surface area contributed by atoms with Gasteiger partial charge in [-0.05, 0) is 29.7 Å². The largest absolute Gasteiger partial charge is 0.505 e. The van der Waals surface area contributed by atoms with Crippen LogP contribution in [0.5, 0.6) is 5.75 Å². The van der Waals surface area contributed by atoms with Crippen LogP contribution in [0.4, 0.5) is 0 Å². The number of hydrogen-bond acceptors (Lipinski definition) is 4. The molecule has 0 heterocycles. The Morgan fingerprint density at radius 3 is 2.14 bits per heavy atom. The number of sulfonamides is 1. The Morgan fingerprint density at radius 1 is 0.931 bits per heavy atom. The van der Waals surface area contributed by atoms with Crippen molar-refractivity contribution in [2.75, 3.05) is 0 Å². The highest BCUT2D eigenvalue weighted by atomic mass is 35.5. The summed E-state index contributed by atoms with van der Waals surface area (Å²) in [5.41, 5.74) is 1.40. The van der Waals surface area contributed by atoms with E-state index in [2.05, 4.69) is 4.72 Å². The Hall–Kier alpha value is -2.09. The summed E-state index contributed by atoms with van der Waals surface area (Å²) in [6.45, 7) is 0. The fourth-order valence-corrected chi connectivity index (χ4v) is 4.98. The number of benzene rings is 3. The standard InChI is InChI=1S/C21H19Cl2NO4S/c22-16-12-17(23)21(26)19(13-16)29(27,28)24-18(11-14-7-3-1-4-8-14)20(25)15-9-5-2-6-10-15/h1-10,12-13,18,20,24-26H,11H2/t18-,20-/m0/s1. The zero-order chi connectivity index (χ0) is 21.0. The number of hydrogen-bond donors (Lipinski definition) is 3. The second kappa shape index (κ2) is 9.15. The maximum absolute atomic E-state index is 13.0. The molecule has 0 amide bonds. The Bertz CT molecular complexity index is 1080. The van der Waals surface area contributed by atoms with E-state index in [0.717, 1.165) is 11.6 Å². The molecule has 3 aromatic rings. The average Bonchev–Trinajstić information content (AvgIpc) is 2.71. The van der Waals surface area contributed by atoms with Gasteiger partial charge < -0.3 is 10.2 Å². The maximum atomic E-state index is 13.0. The number of halogens is 2. The molecule has 0 aliphatic heterocycles. The van der Waals surface area contributed by atoms with Crippen molar-refractivity contribution < 1.29 is 18.6 Å². The van der Waals surface area contributed by atoms with Gasteiger partial charge in [0, 0.05) is 5.02 Å². The van der Waals surface area contributed by atoms with Gasteiger partial charge in [-0.2, -0.15) is 0 Å². The molecular weight excluding hydrogens is 433 g/mol. The zero-order valence-corrected chi connectivity index (χ0v) is 17.5. The molecule has 0 aromatic heterocycles. The second-order valence-corrected chi connectivity index (χ2v) is 9.03. The summed E-state index contributed by atoms with van der Waals surface area (Å²) in [5.74, 6) is -0.601. The van der Waals surface area contributed by atoms with E-state index in [0.29, 0.717) is 5.56 Å². The van der Waals surface area contributed by atoms with Gasteiger partial charge in [-0.3, -0.25) is 0 Å². The van der Waals surface area contributed by atoms with Gasteiger partial charge in [-0.25, -0.2) is 13.1 Å². The van der Waals surface area contributed by atoms with Crippen LogP contribution in [-0.2, 0) is 16.4 Å². The van der Waals surface area contributed by atoms with Crippen molar-refractivity contribution in [3.63, 3.8) is 0 Å². The van der Waals surface area contributed by atoms with Gasteiger partial charge in [0.15, 0.2) is 5.75 Å². The van der Waals surface area contributed by atoms with Crippen molar-refractivity contribution in [2.24, 2.45) is 0 Å². The number of rotatable bonds is 7. The summed E-state index contributed by atoms with van der Waals surface area (Å²) >= 11 is 11.8. The van der Waals surface area contributed by atoms with Crippen LogP contribution in [0.3, 0.4) is 0 Å². The summed E-state index contributed by atoms with van der Waals surface area (Å²) < 4.78 is 28.5. The van der Waals surface area contributed by atoms with Crippen molar-refractivity contribution >= 4 is 33.2 Å². The fraction of sp³-hybridized carbons (Fsp3) is 0.143. The minimum absolute atomic E-state index is 0.0661. The van der Waals surface area contributed by atoms with E-state index in [9.17, 15) is 18.6 Å². The first kappa shape index (κ1) is 21.6. The second-order valence-electron chi connectivity index (χ2n) is 6.51. The number of phenols is 1. The molecule has 0 aliphatic carbocycles. The predicted molar refractivity (Wildman–Crippen MR) is 114 cm³/mol. The van der Waals surface area contributed by atoms with E-state index in [-0.39, 0.29) is 16.5 Å². The Kier molecular flexibility index (Phi) is 6.82. The minimum atomic E-state index is -4.24. The normalized spacial score (nSPS) is 13.8. The quantitative estimate of drug-likeness (QED) is 0.498. The lowest BCUT2D eigenvalue weighted by Gasteiger charge is -2.25. The Morgan fingerprint density at radius 2 is 1.52 bits per heavy atom. The van der Waals surface area contributed by atoms with Crippen LogP contribution >= 0.6 is 23.2 Å². The summed E-state index contributed by atoms with van der Waals surface area (Å²) in [7, 11) is -4.24. The third kappa shape index (κ3) is 5.29. The Balaban J connectivity index is 1.98. The fourth-order valence-electron chi connectivity index (χ4n) is 2.98. The van der Waals surface area contributed by atoms with E-state index in [1.54, 1.807) is 30.3 Å². The number of nitrogens with one attached hydrogen (secondary N) is 1. The molecule has 0 unspecified atom stereocenters. The van der Waals surface area contributed by atoms with Gasteiger partial charge in [-0.1, -0.05) is 83.9 Å². The first-order valence-corrected chi connectivity index (χ1v) is 11.0. The monoisotopic (exact) mass is 451 g/mol. The first-order valence-electron chi connectivity index (χ1n) is 8.75. The zero-order valence-electron chi connectivity index (χ0n) is 15.2. The van der Waals surface area contributed by atoms with Crippen molar-refractivity contribution in [1.82, 2.24) is 4.72 Å². The molecule has 3 rings (SSSR count).